The second-order valence-corrected chi connectivity index (χ2v) is 7.44. The average Bonchev–Trinajstić information content (AvgIpc) is 2.29. The van der Waals surface area contributed by atoms with E-state index in [0.29, 0.717) is 0 Å². The van der Waals surface area contributed by atoms with E-state index in [-0.39, 0.29) is 17.0 Å². The quantitative estimate of drug-likeness (QED) is 0.892. The van der Waals surface area contributed by atoms with Crippen molar-refractivity contribution in [3.63, 3.8) is 0 Å². The summed E-state index contributed by atoms with van der Waals surface area (Å²) < 4.78 is 23.9. The maximum Gasteiger partial charge on any atom is 0.154 e. The summed E-state index contributed by atoms with van der Waals surface area (Å²) in [6.45, 7) is 4.34. The average molecular weight is 253 g/mol. The summed E-state index contributed by atoms with van der Waals surface area (Å²) in [6.07, 6.45) is 0.981. The first-order chi connectivity index (χ1) is 8.00. The molecule has 0 aliphatic carbocycles. The molecule has 1 aromatic rings. The van der Waals surface area contributed by atoms with Crippen LogP contribution in [-0.4, -0.2) is 26.0 Å². The van der Waals surface area contributed by atoms with Gasteiger partial charge in [-0.25, -0.2) is 8.42 Å². The molecule has 17 heavy (non-hydrogen) atoms. The Morgan fingerprint density at radius 1 is 1.35 bits per heavy atom. The standard InChI is InChI=1S/C13H19NO2S/c1-10(2)17(15,16)9-13-12-6-4-3-5-11(12)7-8-14-13/h3-6,10,13-14H,7-9H2,1-2H3. The normalized spacial score (nSPS) is 20.3. The molecule has 3 nitrogen and oxygen atoms in total. The molecule has 1 aliphatic rings. The molecule has 1 N–H and O–H groups in total. The highest BCUT2D eigenvalue weighted by atomic mass is 32.2. The molecule has 0 fully saturated rings. The lowest BCUT2D eigenvalue weighted by molar-refractivity contribution is 0.523. The Morgan fingerprint density at radius 2 is 2.06 bits per heavy atom. The molecule has 0 spiro atoms. The van der Waals surface area contributed by atoms with Gasteiger partial charge >= 0.3 is 0 Å². The molecule has 1 aromatic carbocycles. The topological polar surface area (TPSA) is 46.2 Å². The second-order valence-electron chi connectivity index (χ2n) is 4.83. The lowest BCUT2D eigenvalue weighted by Crippen LogP contribution is -2.36. The number of benzene rings is 1. The smallest absolute Gasteiger partial charge is 0.154 e. The van der Waals surface area contributed by atoms with Gasteiger partial charge in [0.25, 0.3) is 0 Å². The zero-order chi connectivity index (χ0) is 12.5. The summed E-state index contributed by atoms with van der Waals surface area (Å²) >= 11 is 0. The highest BCUT2D eigenvalue weighted by molar-refractivity contribution is 7.92. The molecule has 4 heteroatoms. The highest BCUT2D eigenvalue weighted by Gasteiger charge is 2.26. The SMILES string of the molecule is CC(C)S(=O)(=O)CC1NCCc2ccccc21. The lowest BCUT2D eigenvalue weighted by atomic mass is 9.95. The van der Waals surface area contributed by atoms with Gasteiger partial charge in [0, 0.05) is 6.04 Å². The van der Waals surface area contributed by atoms with Gasteiger partial charge in [0.1, 0.15) is 0 Å². The largest absolute Gasteiger partial charge is 0.309 e. The van der Waals surface area contributed by atoms with E-state index in [1.807, 2.05) is 18.2 Å². The predicted octanol–water partition coefficient (Wildman–Crippen LogP) is 1.70. The fraction of sp³-hybridized carbons (Fsp3) is 0.538. The minimum absolute atomic E-state index is 0.0488. The van der Waals surface area contributed by atoms with E-state index < -0.39 is 9.84 Å². The van der Waals surface area contributed by atoms with Crippen molar-refractivity contribution >= 4 is 9.84 Å². The Hall–Kier alpha value is -0.870. The summed E-state index contributed by atoms with van der Waals surface area (Å²) in [5.74, 6) is 0.196. The molecule has 1 heterocycles. The van der Waals surface area contributed by atoms with Crippen LogP contribution in [0, 0.1) is 0 Å². The first-order valence-corrected chi connectivity index (χ1v) is 7.75. The van der Waals surface area contributed by atoms with Gasteiger partial charge < -0.3 is 5.32 Å². The van der Waals surface area contributed by atoms with E-state index in [2.05, 4.69) is 11.4 Å². The summed E-state index contributed by atoms with van der Waals surface area (Å²) in [7, 11) is -3.00. The fourth-order valence-electron chi connectivity index (χ4n) is 2.17. The van der Waals surface area contributed by atoms with Crippen LogP contribution >= 0.6 is 0 Å². The molecular weight excluding hydrogens is 234 g/mol. The molecule has 0 radical (unpaired) electrons. The molecular formula is C13H19NO2S. The molecule has 1 unspecified atom stereocenters. The number of rotatable bonds is 3. The van der Waals surface area contributed by atoms with E-state index in [1.54, 1.807) is 13.8 Å². The van der Waals surface area contributed by atoms with Gasteiger partial charge in [-0.15, -0.1) is 0 Å². The maximum atomic E-state index is 12.0. The summed E-state index contributed by atoms with van der Waals surface area (Å²) in [6, 6.07) is 8.05. The molecule has 94 valence electrons. The van der Waals surface area contributed by atoms with Crippen LogP contribution in [0.25, 0.3) is 0 Å². The Labute approximate surface area is 103 Å². The minimum Gasteiger partial charge on any atom is -0.309 e. The molecule has 0 amide bonds. The zero-order valence-corrected chi connectivity index (χ0v) is 11.1. The Morgan fingerprint density at radius 3 is 2.76 bits per heavy atom. The number of sulfone groups is 1. The summed E-state index contributed by atoms with van der Waals surface area (Å²) in [5, 5.41) is 3.00. The number of nitrogens with one attached hydrogen (secondary N) is 1. The first kappa shape index (κ1) is 12.6. The monoisotopic (exact) mass is 253 g/mol. The van der Waals surface area contributed by atoms with Crippen LogP contribution in [0.1, 0.15) is 31.0 Å². The van der Waals surface area contributed by atoms with Crippen LogP contribution in [0.3, 0.4) is 0 Å². The van der Waals surface area contributed by atoms with Crippen molar-refractivity contribution in [2.45, 2.75) is 31.6 Å². The summed E-state index contributed by atoms with van der Waals surface area (Å²) in [4.78, 5) is 0. The van der Waals surface area contributed by atoms with Gasteiger partial charge in [-0.05, 0) is 37.9 Å². The van der Waals surface area contributed by atoms with Crippen molar-refractivity contribution in [2.24, 2.45) is 0 Å². The van der Waals surface area contributed by atoms with Gasteiger partial charge in [0.15, 0.2) is 9.84 Å². The van der Waals surface area contributed by atoms with E-state index in [0.717, 1.165) is 18.5 Å². The van der Waals surface area contributed by atoms with Crippen molar-refractivity contribution in [3.8, 4) is 0 Å². The van der Waals surface area contributed by atoms with Crippen LogP contribution in [0.5, 0.6) is 0 Å². The first-order valence-electron chi connectivity index (χ1n) is 6.03. The van der Waals surface area contributed by atoms with E-state index in [4.69, 9.17) is 0 Å². The minimum atomic E-state index is -3.00. The van der Waals surface area contributed by atoms with Crippen molar-refractivity contribution in [1.82, 2.24) is 5.32 Å². The van der Waals surface area contributed by atoms with Gasteiger partial charge in [-0.2, -0.15) is 0 Å². The van der Waals surface area contributed by atoms with Crippen LogP contribution in [0.15, 0.2) is 24.3 Å². The molecule has 2 rings (SSSR count). The Balaban J connectivity index is 2.25. The third-order valence-electron chi connectivity index (χ3n) is 3.33. The molecule has 1 atom stereocenters. The predicted molar refractivity (Wildman–Crippen MR) is 69.8 cm³/mol. The number of fused-ring (bicyclic) bond motifs is 1. The van der Waals surface area contributed by atoms with Gasteiger partial charge in [0.2, 0.25) is 0 Å². The molecule has 0 bridgehead atoms. The Bertz CT molecular complexity index is 494. The number of hydrogen-bond acceptors (Lipinski definition) is 3. The van der Waals surface area contributed by atoms with Gasteiger partial charge in [0.05, 0.1) is 11.0 Å². The van der Waals surface area contributed by atoms with Crippen LogP contribution < -0.4 is 5.32 Å². The third kappa shape index (κ3) is 2.69. The fourth-order valence-corrected chi connectivity index (χ4v) is 3.31. The zero-order valence-electron chi connectivity index (χ0n) is 10.3. The molecule has 0 saturated carbocycles. The molecule has 0 aromatic heterocycles. The van der Waals surface area contributed by atoms with Crippen LogP contribution in [0.2, 0.25) is 0 Å². The van der Waals surface area contributed by atoms with Crippen molar-refractivity contribution < 1.29 is 8.42 Å². The van der Waals surface area contributed by atoms with E-state index in [9.17, 15) is 8.42 Å². The van der Waals surface area contributed by atoms with Crippen molar-refractivity contribution in [2.75, 3.05) is 12.3 Å². The Kier molecular flexibility index (Phi) is 3.54. The number of hydrogen-bond donors (Lipinski definition) is 1. The molecule has 0 saturated heterocycles. The molecule has 1 aliphatic heterocycles. The lowest BCUT2D eigenvalue weighted by Gasteiger charge is -2.27. The third-order valence-corrected chi connectivity index (χ3v) is 5.57. The van der Waals surface area contributed by atoms with Gasteiger partial charge in [-0.3, -0.25) is 0 Å². The van der Waals surface area contributed by atoms with Crippen molar-refractivity contribution in [3.05, 3.63) is 35.4 Å². The van der Waals surface area contributed by atoms with Crippen LogP contribution in [0.4, 0.5) is 0 Å². The van der Waals surface area contributed by atoms with Crippen LogP contribution in [-0.2, 0) is 16.3 Å². The summed E-state index contributed by atoms with van der Waals surface area (Å²) in [5.41, 5.74) is 2.41. The maximum absolute atomic E-state index is 12.0. The highest BCUT2D eigenvalue weighted by Crippen LogP contribution is 2.24. The van der Waals surface area contributed by atoms with Crippen molar-refractivity contribution in [1.29, 1.82) is 0 Å². The second kappa shape index (κ2) is 4.78. The van der Waals surface area contributed by atoms with Gasteiger partial charge in [-0.1, -0.05) is 24.3 Å². The van der Waals surface area contributed by atoms with E-state index >= 15 is 0 Å². The van der Waals surface area contributed by atoms with E-state index in [1.165, 1.54) is 5.56 Å².